The number of hydrogen-bond donors (Lipinski definition) is 5. The Morgan fingerprint density at radius 2 is 1.47 bits per heavy atom. The first-order chi connectivity index (χ1) is 14.2. The normalized spacial score (nSPS) is 10.3. The molecule has 3 aromatic carbocycles. The molecule has 0 atom stereocenters. The number of phenols is 1. The molecule has 8 heteroatoms. The highest BCUT2D eigenvalue weighted by Crippen LogP contribution is 2.23. The number of nitrogens with two attached hydrogens (primary N) is 1. The largest absolute Gasteiger partial charge is 0.507 e. The van der Waals surface area contributed by atoms with Gasteiger partial charge in [-0.3, -0.25) is 9.59 Å². The molecule has 0 saturated carbocycles. The second-order valence-corrected chi connectivity index (χ2v) is 6.60. The number of rotatable bonds is 5. The molecule has 0 saturated heterocycles. The summed E-state index contributed by atoms with van der Waals surface area (Å²) in [6.07, 6.45) is 0. The Bertz CT molecular complexity index is 1140. The van der Waals surface area contributed by atoms with Gasteiger partial charge in [0, 0.05) is 34.3 Å². The third-order valence-electron chi connectivity index (χ3n) is 4.41. The molecule has 0 unspecified atom stereocenters. The van der Waals surface area contributed by atoms with Crippen molar-refractivity contribution in [2.75, 3.05) is 16.4 Å². The lowest BCUT2D eigenvalue weighted by Crippen LogP contribution is -2.15. The maximum absolute atomic E-state index is 12.6. The molecule has 3 rings (SSSR count). The summed E-state index contributed by atoms with van der Waals surface area (Å²) >= 11 is 0. The van der Waals surface area contributed by atoms with Crippen molar-refractivity contribution in [3.05, 3.63) is 82.9 Å². The predicted octanol–water partition coefficient (Wildman–Crippen LogP) is 3.49. The third-order valence-corrected chi connectivity index (χ3v) is 4.41. The van der Waals surface area contributed by atoms with Gasteiger partial charge in [0.25, 0.3) is 11.8 Å². The van der Waals surface area contributed by atoms with E-state index >= 15 is 0 Å². The molecule has 0 fully saturated rings. The van der Waals surface area contributed by atoms with Gasteiger partial charge in [-0.25, -0.2) is 4.79 Å². The molecule has 0 aromatic heterocycles. The molecular weight excluding hydrogens is 386 g/mol. The molecule has 8 nitrogen and oxygen atoms in total. The average molecular weight is 405 g/mol. The smallest absolute Gasteiger partial charge is 0.339 e. The van der Waals surface area contributed by atoms with Gasteiger partial charge in [0.05, 0.1) is 0 Å². The van der Waals surface area contributed by atoms with E-state index in [-0.39, 0.29) is 22.7 Å². The molecule has 3 aromatic rings. The van der Waals surface area contributed by atoms with Crippen LogP contribution in [0.2, 0.25) is 0 Å². The molecule has 0 spiro atoms. The fourth-order valence-corrected chi connectivity index (χ4v) is 2.72. The molecule has 0 heterocycles. The van der Waals surface area contributed by atoms with Gasteiger partial charge in [-0.1, -0.05) is 6.07 Å². The van der Waals surface area contributed by atoms with Crippen molar-refractivity contribution < 1.29 is 24.6 Å². The molecular formula is C22H19N3O5. The van der Waals surface area contributed by atoms with Crippen LogP contribution in [0.4, 0.5) is 17.1 Å². The molecule has 0 aliphatic heterocycles. The van der Waals surface area contributed by atoms with Crippen LogP contribution in [-0.4, -0.2) is 28.0 Å². The number of hydrogen-bond acceptors (Lipinski definition) is 5. The van der Waals surface area contributed by atoms with E-state index in [1.165, 1.54) is 18.2 Å². The van der Waals surface area contributed by atoms with Crippen LogP contribution in [0, 0.1) is 6.92 Å². The molecule has 152 valence electrons. The SMILES string of the molecule is Cc1ccc(C(=O)Nc2ccc(C(=O)O)c(O)c2)cc1NC(=O)c1ccc(N)cc1. The van der Waals surface area contributed by atoms with Crippen LogP contribution in [0.25, 0.3) is 0 Å². The summed E-state index contributed by atoms with van der Waals surface area (Å²) in [5.74, 6) is -2.56. The highest BCUT2D eigenvalue weighted by molar-refractivity contribution is 6.08. The monoisotopic (exact) mass is 405 g/mol. The molecule has 0 aliphatic rings. The fourth-order valence-electron chi connectivity index (χ4n) is 2.72. The van der Waals surface area contributed by atoms with E-state index < -0.39 is 17.6 Å². The van der Waals surface area contributed by atoms with Gasteiger partial charge in [0.2, 0.25) is 0 Å². The highest BCUT2D eigenvalue weighted by Gasteiger charge is 2.14. The number of amides is 2. The first-order valence-corrected chi connectivity index (χ1v) is 8.90. The van der Waals surface area contributed by atoms with Crippen molar-refractivity contribution in [1.29, 1.82) is 0 Å². The van der Waals surface area contributed by atoms with Crippen LogP contribution in [0.5, 0.6) is 5.75 Å². The Balaban J connectivity index is 1.77. The van der Waals surface area contributed by atoms with Crippen molar-refractivity contribution in [2.24, 2.45) is 0 Å². The van der Waals surface area contributed by atoms with Gasteiger partial charge in [-0.05, 0) is 61.0 Å². The average Bonchev–Trinajstić information content (AvgIpc) is 2.69. The quantitative estimate of drug-likeness (QED) is 0.411. The van der Waals surface area contributed by atoms with E-state index in [1.807, 2.05) is 0 Å². The number of carbonyl (C=O) groups is 3. The number of anilines is 3. The third kappa shape index (κ3) is 4.56. The Morgan fingerprint density at radius 3 is 2.10 bits per heavy atom. The number of aromatic carboxylic acids is 1. The number of carboxylic acids is 1. The predicted molar refractivity (Wildman–Crippen MR) is 113 cm³/mol. The second kappa shape index (κ2) is 8.36. The first kappa shape index (κ1) is 20.4. The van der Waals surface area contributed by atoms with E-state index in [0.717, 1.165) is 11.6 Å². The fraction of sp³-hybridized carbons (Fsp3) is 0.0455. The Hall–Kier alpha value is -4.33. The minimum absolute atomic E-state index is 0.232. The standard InChI is InChI=1S/C22H19N3O5/c1-12-2-3-14(10-18(12)25-20(27)13-4-6-15(23)7-5-13)21(28)24-16-8-9-17(22(29)30)19(26)11-16/h2-11,26H,23H2,1H3,(H,24,28)(H,25,27)(H,29,30). The molecule has 0 bridgehead atoms. The Labute approximate surface area is 172 Å². The van der Waals surface area contributed by atoms with Crippen LogP contribution >= 0.6 is 0 Å². The van der Waals surface area contributed by atoms with E-state index in [0.29, 0.717) is 16.9 Å². The van der Waals surface area contributed by atoms with E-state index in [9.17, 15) is 19.5 Å². The number of aryl methyl sites for hydroxylation is 1. The zero-order valence-corrected chi connectivity index (χ0v) is 16.0. The Kier molecular flexibility index (Phi) is 5.68. The van der Waals surface area contributed by atoms with Crippen LogP contribution in [0.3, 0.4) is 0 Å². The van der Waals surface area contributed by atoms with Gasteiger partial charge in [-0.15, -0.1) is 0 Å². The summed E-state index contributed by atoms with van der Waals surface area (Å²) < 4.78 is 0. The molecule has 6 N–H and O–H groups in total. The summed E-state index contributed by atoms with van der Waals surface area (Å²) in [4.78, 5) is 36.0. The number of nitrogens with one attached hydrogen (secondary N) is 2. The topological polar surface area (TPSA) is 142 Å². The molecule has 0 aliphatic carbocycles. The summed E-state index contributed by atoms with van der Waals surface area (Å²) in [7, 11) is 0. The minimum Gasteiger partial charge on any atom is -0.507 e. The van der Waals surface area contributed by atoms with E-state index in [4.69, 9.17) is 10.8 Å². The lowest BCUT2D eigenvalue weighted by atomic mass is 10.1. The van der Waals surface area contributed by atoms with Crippen molar-refractivity contribution >= 4 is 34.8 Å². The van der Waals surface area contributed by atoms with Crippen LogP contribution in [0.15, 0.2) is 60.7 Å². The number of aromatic hydroxyl groups is 1. The van der Waals surface area contributed by atoms with Gasteiger partial charge >= 0.3 is 5.97 Å². The summed E-state index contributed by atoms with van der Waals surface area (Å²) in [5.41, 5.74) is 8.07. The maximum atomic E-state index is 12.6. The maximum Gasteiger partial charge on any atom is 0.339 e. The van der Waals surface area contributed by atoms with Crippen molar-refractivity contribution in [3.63, 3.8) is 0 Å². The summed E-state index contributed by atoms with van der Waals surface area (Å²) in [5, 5.41) is 24.1. The van der Waals surface area contributed by atoms with Gasteiger partial charge in [0.15, 0.2) is 0 Å². The van der Waals surface area contributed by atoms with Gasteiger partial charge < -0.3 is 26.6 Å². The van der Waals surface area contributed by atoms with Crippen LogP contribution in [-0.2, 0) is 0 Å². The van der Waals surface area contributed by atoms with Crippen molar-refractivity contribution in [2.45, 2.75) is 6.92 Å². The van der Waals surface area contributed by atoms with E-state index in [1.54, 1.807) is 43.3 Å². The minimum atomic E-state index is -1.27. The lowest BCUT2D eigenvalue weighted by Gasteiger charge is -2.12. The number of carbonyl (C=O) groups excluding carboxylic acids is 2. The summed E-state index contributed by atoms with van der Waals surface area (Å²) in [6, 6.07) is 15.0. The van der Waals surface area contributed by atoms with Crippen LogP contribution < -0.4 is 16.4 Å². The van der Waals surface area contributed by atoms with Crippen LogP contribution in [0.1, 0.15) is 36.6 Å². The van der Waals surface area contributed by atoms with E-state index in [2.05, 4.69) is 10.6 Å². The first-order valence-electron chi connectivity index (χ1n) is 8.90. The summed E-state index contributed by atoms with van der Waals surface area (Å²) in [6.45, 7) is 1.79. The van der Waals surface area contributed by atoms with Crippen molar-refractivity contribution in [3.8, 4) is 5.75 Å². The van der Waals surface area contributed by atoms with Crippen molar-refractivity contribution in [1.82, 2.24) is 0 Å². The Morgan fingerprint density at radius 1 is 0.833 bits per heavy atom. The number of benzene rings is 3. The number of nitrogen functional groups attached to an aromatic ring is 1. The lowest BCUT2D eigenvalue weighted by molar-refractivity contribution is 0.0693. The van der Waals surface area contributed by atoms with Gasteiger partial charge in [-0.2, -0.15) is 0 Å². The molecule has 0 radical (unpaired) electrons. The zero-order valence-electron chi connectivity index (χ0n) is 16.0. The van der Waals surface area contributed by atoms with Gasteiger partial charge in [0.1, 0.15) is 11.3 Å². The number of carboxylic acid groups (broad SMARTS) is 1. The second-order valence-electron chi connectivity index (χ2n) is 6.60. The molecule has 30 heavy (non-hydrogen) atoms. The molecule has 2 amide bonds. The highest BCUT2D eigenvalue weighted by atomic mass is 16.4. The zero-order chi connectivity index (χ0) is 21.8.